The molecule has 1 amide bonds. The van der Waals surface area contributed by atoms with Crippen molar-refractivity contribution in [3.05, 3.63) is 35.7 Å². The first-order chi connectivity index (χ1) is 11.4. The highest BCUT2D eigenvalue weighted by molar-refractivity contribution is 5.77. The SMILES string of the molecule is CCCC(=O)N1CC(c2nc(-c3cccc(C(F)(F)F)c3)no2)C1. The predicted octanol–water partition coefficient (Wildman–Crippen LogP) is 3.48. The number of rotatable bonds is 4. The van der Waals surface area contributed by atoms with Crippen LogP contribution >= 0.6 is 0 Å². The van der Waals surface area contributed by atoms with Crippen LogP contribution in [0.25, 0.3) is 11.4 Å². The molecule has 2 heterocycles. The van der Waals surface area contributed by atoms with E-state index in [0.717, 1.165) is 18.6 Å². The molecular weight excluding hydrogens is 323 g/mol. The quantitative estimate of drug-likeness (QED) is 0.856. The van der Waals surface area contributed by atoms with Crippen LogP contribution in [0, 0.1) is 0 Å². The summed E-state index contributed by atoms with van der Waals surface area (Å²) in [6.45, 7) is 2.95. The molecule has 2 aromatic rings. The Morgan fingerprint density at radius 3 is 2.79 bits per heavy atom. The molecule has 0 N–H and O–H groups in total. The number of carbonyl (C=O) groups excluding carboxylic acids is 1. The third-order valence-electron chi connectivity index (χ3n) is 3.94. The van der Waals surface area contributed by atoms with Crippen LogP contribution in [0.15, 0.2) is 28.8 Å². The van der Waals surface area contributed by atoms with Gasteiger partial charge in [0.2, 0.25) is 17.6 Å². The normalized spacial score (nSPS) is 15.4. The molecule has 3 rings (SSSR count). The minimum absolute atomic E-state index is 0.0575. The van der Waals surface area contributed by atoms with Crippen LogP contribution in [0.2, 0.25) is 0 Å². The standard InChI is InChI=1S/C16H16F3N3O2/c1-2-4-13(23)22-8-11(9-22)15-20-14(21-24-15)10-5-3-6-12(7-10)16(17,18)19/h3,5-7,11H,2,4,8-9H2,1H3. The van der Waals surface area contributed by atoms with E-state index in [-0.39, 0.29) is 23.2 Å². The van der Waals surface area contributed by atoms with Crippen LogP contribution in [0.3, 0.4) is 0 Å². The molecular formula is C16H16F3N3O2. The molecule has 0 radical (unpaired) electrons. The largest absolute Gasteiger partial charge is 0.416 e. The van der Waals surface area contributed by atoms with Crippen molar-refractivity contribution in [2.24, 2.45) is 0 Å². The molecule has 0 saturated carbocycles. The zero-order valence-corrected chi connectivity index (χ0v) is 13.0. The van der Waals surface area contributed by atoms with Gasteiger partial charge < -0.3 is 9.42 Å². The van der Waals surface area contributed by atoms with Crippen molar-refractivity contribution in [1.29, 1.82) is 0 Å². The van der Waals surface area contributed by atoms with Gasteiger partial charge in [0.15, 0.2) is 0 Å². The number of hydrogen-bond acceptors (Lipinski definition) is 4. The molecule has 0 spiro atoms. The molecule has 1 saturated heterocycles. The first-order valence-electron chi connectivity index (χ1n) is 7.67. The summed E-state index contributed by atoms with van der Waals surface area (Å²) in [5.41, 5.74) is -0.510. The summed E-state index contributed by atoms with van der Waals surface area (Å²) < 4.78 is 43.4. The Morgan fingerprint density at radius 2 is 2.12 bits per heavy atom. The fraction of sp³-hybridized carbons (Fsp3) is 0.438. The molecule has 1 aromatic carbocycles. The molecule has 0 unspecified atom stereocenters. The molecule has 128 valence electrons. The summed E-state index contributed by atoms with van der Waals surface area (Å²) in [5, 5.41) is 3.76. The number of hydrogen-bond donors (Lipinski definition) is 0. The maximum Gasteiger partial charge on any atom is 0.416 e. The summed E-state index contributed by atoms with van der Waals surface area (Å²) >= 11 is 0. The minimum Gasteiger partial charge on any atom is -0.341 e. The van der Waals surface area contributed by atoms with Crippen molar-refractivity contribution < 1.29 is 22.5 Å². The number of likely N-dealkylation sites (tertiary alicyclic amines) is 1. The van der Waals surface area contributed by atoms with Crippen molar-refractivity contribution in [2.75, 3.05) is 13.1 Å². The van der Waals surface area contributed by atoms with E-state index in [4.69, 9.17) is 4.52 Å². The van der Waals surface area contributed by atoms with Crippen molar-refractivity contribution >= 4 is 5.91 Å². The van der Waals surface area contributed by atoms with E-state index in [1.807, 2.05) is 6.92 Å². The number of benzene rings is 1. The zero-order chi connectivity index (χ0) is 17.3. The monoisotopic (exact) mass is 339 g/mol. The van der Waals surface area contributed by atoms with Gasteiger partial charge in [0, 0.05) is 25.1 Å². The van der Waals surface area contributed by atoms with Gasteiger partial charge in [0.1, 0.15) is 0 Å². The third kappa shape index (κ3) is 3.27. The van der Waals surface area contributed by atoms with Gasteiger partial charge in [-0.25, -0.2) is 0 Å². The number of amides is 1. The lowest BCUT2D eigenvalue weighted by molar-refractivity contribution is -0.137. The van der Waals surface area contributed by atoms with Gasteiger partial charge in [-0.2, -0.15) is 18.2 Å². The summed E-state index contributed by atoms with van der Waals surface area (Å²) in [6, 6.07) is 4.80. The molecule has 0 aliphatic carbocycles. The van der Waals surface area contributed by atoms with E-state index in [1.54, 1.807) is 4.90 Å². The highest BCUT2D eigenvalue weighted by Crippen LogP contribution is 2.32. The van der Waals surface area contributed by atoms with Gasteiger partial charge in [-0.3, -0.25) is 4.79 Å². The third-order valence-corrected chi connectivity index (χ3v) is 3.94. The van der Waals surface area contributed by atoms with Gasteiger partial charge in [-0.05, 0) is 18.6 Å². The smallest absolute Gasteiger partial charge is 0.341 e. The predicted molar refractivity (Wildman–Crippen MR) is 79.0 cm³/mol. The Morgan fingerprint density at radius 1 is 1.38 bits per heavy atom. The van der Waals surface area contributed by atoms with Crippen molar-refractivity contribution in [2.45, 2.75) is 31.9 Å². The van der Waals surface area contributed by atoms with E-state index in [2.05, 4.69) is 10.1 Å². The Hall–Kier alpha value is -2.38. The first kappa shape index (κ1) is 16.5. The lowest BCUT2D eigenvalue weighted by Gasteiger charge is -2.37. The maximum absolute atomic E-state index is 12.8. The maximum atomic E-state index is 12.8. The molecule has 1 aliphatic heterocycles. The zero-order valence-electron chi connectivity index (χ0n) is 13.0. The number of halogens is 3. The molecule has 1 aliphatic rings. The second-order valence-corrected chi connectivity index (χ2v) is 5.78. The second kappa shape index (κ2) is 6.26. The van der Waals surface area contributed by atoms with Gasteiger partial charge in [0.05, 0.1) is 11.5 Å². The Bertz CT molecular complexity index is 736. The second-order valence-electron chi connectivity index (χ2n) is 5.78. The molecule has 8 heteroatoms. The van der Waals surface area contributed by atoms with E-state index < -0.39 is 11.7 Å². The number of nitrogens with zero attached hydrogens (tertiary/aromatic N) is 3. The van der Waals surface area contributed by atoms with E-state index in [9.17, 15) is 18.0 Å². The Balaban J connectivity index is 1.70. The Kier molecular flexibility index (Phi) is 4.29. The van der Waals surface area contributed by atoms with Crippen LogP contribution in [-0.2, 0) is 11.0 Å². The molecule has 24 heavy (non-hydrogen) atoms. The summed E-state index contributed by atoms with van der Waals surface area (Å²) in [6.07, 6.45) is -3.12. The molecule has 1 fully saturated rings. The molecule has 1 aromatic heterocycles. The van der Waals surface area contributed by atoms with Gasteiger partial charge in [0.25, 0.3) is 0 Å². The van der Waals surface area contributed by atoms with Gasteiger partial charge >= 0.3 is 6.18 Å². The summed E-state index contributed by atoms with van der Waals surface area (Å²) in [7, 11) is 0. The van der Waals surface area contributed by atoms with Crippen LogP contribution in [0.5, 0.6) is 0 Å². The van der Waals surface area contributed by atoms with Crippen LogP contribution in [-0.4, -0.2) is 34.0 Å². The van der Waals surface area contributed by atoms with E-state index >= 15 is 0 Å². The average molecular weight is 339 g/mol. The van der Waals surface area contributed by atoms with Crippen molar-refractivity contribution in [3.8, 4) is 11.4 Å². The Labute approximate surface area is 136 Å². The van der Waals surface area contributed by atoms with Crippen molar-refractivity contribution in [3.63, 3.8) is 0 Å². The topological polar surface area (TPSA) is 59.2 Å². The lowest BCUT2D eigenvalue weighted by atomic mass is 9.99. The first-order valence-corrected chi connectivity index (χ1v) is 7.67. The number of aromatic nitrogens is 2. The number of carbonyl (C=O) groups is 1. The van der Waals surface area contributed by atoms with Gasteiger partial charge in [-0.15, -0.1) is 0 Å². The minimum atomic E-state index is -4.42. The van der Waals surface area contributed by atoms with Crippen LogP contribution in [0.4, 0.5) is 13.2 Å². The highest BCUT2D eigenvalue weighted by Gasteiger charge is 2.35. The summed E-state index contributed by atoms with van der Waals surface area (Å²) in [4.78, 5) is 17.6. The molecule has 0 atom stereocenters. The van der Waals surface area contributed by atoms with E-state index in [1.165, 1.54) is 12.1 Å². The fourth-order valence-electron chi connectivity index (χ4n) is 2.56. The molecule has 5 nitrogen and oxygen atoms in total. The van der Waals surface area contributed by atoms with E-state index in [0.29, 0.717) is 25.4 Å². The highest BCUT2D eigenvalue weighted by atomic mass is 19.4. The number of alkyl halides is 3. The average Bonchev–Trinajstić information content (AvgIpc) is 2.95. The van der Waals surface area contributed by atoms with Crippen LogP contribution in [0.1, 0.15) is 37.1 Å². The summed E-state index contributed by atoms with van der Waals surface area (Å²) in [5.74, 6) is 0.501. The fourth-order valence-corrected chi connectivity index (χ4v) is 2.56. The van der Waals surface area contributed by atoms with Crippen LogP contribution < -0.4 is 0 Å². The van der Waals surface area contributed by atoms with Crippen molar-refractivity contribution in [1.82, 2.24) is 15.0 Å². The van der Waals surface area contributed by atoms with Gasteiger partial charge in [-0.1, -0.05) is 24.2 Å². The lowest BCUT2D eigenvalue weighted by Crippen LogP contribution is -2.48. The molecule has 0 bridgehead atoms.